The van der Waals surface area contributed by atoms with E-state index >= 15 is 0 Å². The number of methoxy groups -OCH3 is 1. The van der Waals surface area contributed by atoms with Gasteiger partial charge in [0.05, 0.1) is 19.0 Å². The summed E-state index contributed by atoms with van der Waals surface area (Å²) < 4.78 is 33.2. The number of likely N-dealkylation sites (N-methyl/N-ethyl adjacent to an activating group) is 1. The van der Waals surface area contributed by atoms with Gasteiger partial charge in [0.15, 0.2) is 11.4 Å². The molecule has 0 spiro atoms. The Morgan fingerprint density at radius 1 is 1.27 bits per heavy atom. The second-order valence-corrected chi connectivity index (χ2v) is 8.47. The van der Waals surface area contributed by atoms with Crippen LogP contribution in [-0.4, -0.2) is 77.6 Å². The lowest BCUT2D eigenvalue weighted by Gasteiger charge is -2.21. The predicted molar refractivity (Wildman–Crippen MR) is 127 cm³/mol. The van der Waals surface area contributed by atoms with Crippen LogP contribution in [0.1, 0.15) is 12.0 Å². The molecule has 1 aliphatic rings. The Kier molecular flexibility index (Phi) is 6.25. The number of hydrogen-bond acceptors (Lipinski definition) is 9. The number of nitrogens with one attached hydrogen (secondary N) is 1. The molecule has 5 rings (SSSR count). The molecule has 37 heavy (non-hydrogen) atoms. The van der Waals surface area contributed by atoms with Gasteiger partial charge in [0.25, 0.3) is 18.2 Å². The van der Waals surface area contributed by atoms with E-state index in [1.807, 2.05) is 0 Å². The molecule has 4 aromatic rings. The number of aromatic nitrogens is 7. The Hall–Kier alpha value is -4.46. The molecule has 0 aromatic carbocycles. The highest BCUT2D eigenvalue weighted by Crippen LogP contribution is 2.34. The summed E-state index contributed by atoms with van der Waals surface area (Å²) in [6, 6.07) is 5.09. The van der Waals surface area contributed by atoms with Gasteiger partial charge in [-0.3, -0.25) is 14.5 Å². The summed E-state index contributed by atoms with van der Waals surface area (Å²) in [4.78, 5) is 26.8. The molecule has 1 fully saturated rings. The Morgan fingerprint density at radius 3 is 2.84 bits per heavy atom. The maximum Gasteiger partial charge on any atom is 0.259 e. The van der Waals surface area contributed by atoms with Gasteiger partial charge in [-0.1, -0.05) is 0 Å². The maximum atomic E-state index is 12.7. The first-order valence-corrected chi connectivity index (χ1v) is 11.3. The predicted octanol–water partition coefficient (Wildman–Crippen LogP) is 1.99. The molecule has 1 atom stereocenters. The van der Waals surface area contributed by atoms with E-state index in [0.717, 1.165) is 4.68 Å². The van der Waals surface area contributed by atoms with Gasteiger partial charge in [-0.05, 0) is 12.1 Å². The van der Waals surface area contributed by atoms with Crippen LogP contribution in [0.25, 0.3) is 17.1 Å². The van der Waals surface area contributed by atoms with Crippen LogP contribution in [0.5, 0.6) is 5.88 Å². The van der Waals surface area contributed by atoms with Crippen LogP contribution in [-0.2, 0) is 16.9 Å². The van der Waals surface area contributed by atoms with Crippen LogP contribution in [0.15, 0.2) is 49.2 Å². The van der Waals surface area contributed by atoms with E-state index in [9.17, 15) is 18.7 Å². The highest BCUT2D eigenvalue weighted by atomic mass is 19.3. The standard InChI is InChI=1S/C23H23F2N9O3/c1-32-8-5-23(36,21(32)35)15-9-14(10-26-11-15)16-4-7-34(30-16)19-3-6-27-22(29-19)28-17-12-33(13-18(24)25)31-20(17)37-2/h3-4,6-7,9-12,18,36H,5,8,13H2,1-2H3,(H,27,28,29)/t23-/m0/s1. The highest BCUT2D eigenvalue weighted by molar-refractivity contribution is 5.88. The molecule has 1 saturated heterocycles. The number of likely N-dealkylation sites (tertiary alicyclic amines) is 1. The average molecular weight is 511 g/mol. The van der Waals surface area contributed by atoms with Gasteiger partial charge < -0.3 is 20.1 Å². The first kappa shape index (κ1) is 24.2. The van der Waals surface area contributed by atoms with Crippen LogP contribution < -0.4 is 10.1 Å². The molecular formula is C23H23F2N9O3. The lowest BCUT2D eigenvalue weighted by Crippen LogP contribution is -2.36. The van der Waals surface area contributed by atoms with Gasteiger partial charge in [-0.25, -0.2) is 18.4 Å². The third-order valence-corrected chi connectivity index (χ3v) is 5.98. The number of amides is 1. The molecular weight excluding hydrogens is 488 g/mol. The summed E-state index contributed by atoms with van der Waals surface area (Å²) in [5.41, 5.74) is 0.297. The average Bonchev–Trinajstić information content (AvgIpc) is 3.59. The maximum absolute atomic E-state index is 12.7. The van der Waals surface area contributed by atoms with E-state index in [2.05, 4.69) is 30.5 Å². The molecule has 5 heterocycles. The number of hydrogen-bond donors (Lipinski definition) is 2. The van der Waals surface area contributed by atoms with E-state index < -0.39 is 18.6 Å². The van der Waals surface area contributed by atoms with Crippen molar-refractivity contribution in [1.29, 1.82) is 0 Å². The van der Waals surface area contributed by atoms with Gasteiger partial charge in [-0.2, -0.15) is 10.1 Å². The Morgan fingerprint density at radius 2 is 2.11 bits per heavy atom. The summed E-state index contributed by atoms with van der Waals surface area (Å²) in [5, 5.41) is 22.4. The number of aliphatic hydroxyl groups is 1. The Balaban J connectivity index is 1.38. The summed E-state index contributed by atoms with van der Waals surface area (Å²) in [7, 11) is 3.03. The fraction of sp³-hybridized carbons (Fsp3) is 0.304. The molecule has 12 nitrogen and oxygen atoms in total. The zero-order valence-electron chi connectivity index (χ0n) is 19.9. The summed E-state index contributed by atoms with van der Waals surface area (Å²) in [6.45, 7) is -0.121. The Labute approximate surface area is 209 Å². The van der Waals surface area contributed by atoms with Crippen LogP contribution >= 0.6 is 0 Å². The smallest absolute Gasteiger partial charge is 0.259 e. The molecule has 14 heteroatoms. The number of rotatable bonds is 8. The molecule has 2 N–H and O–H groups in total. The largest absolute Gasteiger partial charge is 0.478 e. The lowest BCUT2D eigenvalue weighted by atomic mass is 9.92. The number of alkyl halides is 2. The number of ether oxygens (including phenoxy) is 1. The van der Waals surface area contributed by atoms with Crippen LogP contribution in [0.4, 0.5) is 20.4 Å². The summed E-state index contributed by atoms with van der Waals surface area (Å²) in [5.74, 6) is 0.364. The molecule has 0 bridgehead atoms. The monoisotopic (exact) mass is 511 g/mol. The number of halogens is 2. The zero-order valence-corrected chi connectivity index (χ0v) is 19.9. The highest BCUT2D eigenvalue weighted by Gasteiger charge is 2.45. The van der Waals surface area contributed by atoms with Gasteiger partial charge >= 0.3 is 0 Å². The van der Waals surface area contributed by atoms with Crippen molar-refractivity contribution in [2.75, 3.05) is 26.0 Å². The van der Waals surface area contributed by atoms with Crippen molar-refractivity contribution >= 4 is 17.5 Å². The molecule has 4 aromatic heterocycles. The van der Waals surface area contributed by atoms with Crippen molar-refractivity contribution in [1.82, 2.24) is 39.4 Å². The summed E-state index contributed by atoms with van der Waals surface area (Å²) >= 11 is 0. The van der Waals surface area contributed by atoms with Gasteiger partial charge in [0.1, 0.15) is 12.2 Å². The topological polar surface area (TPSA) is 136 Å². The molecule has 0 unspecified atom stereocenters. The normalized spacial score (nSPS) is 17.6. The van der Waals surface area contributed by atoms with Crippen LogP contribution in [0.2, 0.25) is 0 Å². The van der Waals surface area contributed by atoms with Gasteiger partial charge in [0.2, 0.25) is 5.95 Å². The fourth-order valence-corrected chi connectivity index (χ4v) is 4.07. The Bertz CT molecular complexity index is 1440. The molecule has 0 saturated carbocycles. The van der Waals surface area contributed by atoms with Crippen molar-refractivity contribution < 1.29 is 23.4 Å². The minimum atomic E-state index is -2.56. The van der Waals surface area contributed by atoms with Crippen molar-refractivity contribution in [2.45, 2.75) is 25.0 Å². The van der Waals surface area contributed by atoms with E-state index in [0.29, 0.717) is 34.9 Å². The van der Waals surface area contributed by atoms with E-state index in [1.165, 1.54) is 35.3 Å². The zero-order chi connectivity index (χ0) is 26.2. The van der Waals surface area contributed by atoms with Crippen molar-refractivity contribution in [2.24, 2.45) is 0 Å². The van der Waals surface area contributed by atoms with Crippen molar-refractivity contribution in [3.8, 4) is 23.0 Å². The number of carbonyl (C=O) groups excluding carboxylic acids is 1. The third kappa shape index (κ3) is 4.70. The second-order valence-electron chi connectivity index (χ2n) is 8.47. The summed E-state index contributed by atoms with van der Waals surface area (Å²) in [6.07, 6.45) is 5.39. The molecule has 1 amide bonds. The molecule has 1 aliphatic heterocycles. The third-order valence-electron chi connectivity index (χ3n) is 5.98. The first-order chi connectivity index (χ1) is 17.8. The van der Waals surface area contributed by atoms with E-state index in [1.54, 1.807) is 37.6 Å². The minimum absolute atomic E-state index is 0.122. The molecule has 0 aliphatic carbocycles. The van der Waals surface area contributed by atoms with Crippen molar-refractivity contribution in [3.63, 3.8) is 0 Å². The van der Waals surface area contributed by atoms with E-state index in [-0.39, 0.29) is 24.2 Å². The first-order valence-electron chi connectivity index (χ1n) is 11.3. The number of anilines is 2. The molecule has 0 radical (unpaired) electrons. The lowest BCUT2D eigenvalue weighted by molar-refractivity contribution is -0.143. The van der Waals surface area contributed by atoms with Crippen LogP contribution in [0.3, 0.4) is 0 Å². The van der Waals surface area contributed by atoms with Gasteiger partial charge in [0, 0.05) is 62.0 Å². The fourth-order valence-electron chi connectivity index (χ4n) is 4.07. The van der Waals surface area contributed by atoms with Gasteiger partial charge in [-0.15, -0.1) is 5.10 Å². The number of pyridine rings is 1. The van der Waals surface area contributed by atoms with Crippen molar-refractivity contribution in [3.05, 3.63) is 54.7 Å². The molecule has 192 valence electrons. The second kappa shape index (κ2) is 9.54. The van der Waals surface area contributed by atoms with E-state index in [4.69, 9.17) is 4.74 Å². The number of nitrogens with zero attached hydrogens (tertiary/aromatic N) is 8. The van der Waals surface area contributed by atoms with Crippen LogP contribution in [0, 0.1) is 0 Å². The number of carbonyl (C=O) groups is 1. The quantitative estimate of drug-likeness (QED) is 0.364. The minimum Gasteiger partial charge on any atom is -0.478 e. The SMILES string of the molecule is COc1nn(CC(F)F)cc1Nc1nccc(-n2ccc(-c3cncc([C@@]4(O)CCN(C)C4=O)c3)n2)n1.